The quantitative estimate of drug-likeness (QED) is 0.633. The Hall–Kier alpha value is -1.29. The first-order valence-electron chi connectivity index (χ1n) is 7.21. The third-order valence-corrected chi connectivity index (χ3v) is 5.90. The van der Waals surface area contributed by atoms with Gasteiger partial charge in [-0.3, -0.25) is 0 Å². The van der Waals surface area contributed by atoms with E-state index in [1.165, 1.54) is 0 Å². The summed E-state index contributed by atoms with van der Waals surface area (Å²) in [6, 6.07) is 5.20. The first-order chi connectivity index (χ1) is 11.3. The van der Waals surface area contributed by atoms with Gasteiger partial charge in [-0.1, -0.05) is 6.07 Å². The average molecular weight is 472 g/mol. The van der Waals surface area contributed by atoms with Crippen LogP contribution in [0.3, 0.4) is 0 Å². The predicted octanol–water partition coefficient (Wildman–Crippen LogP) is 3.45. The molecule has 2 heterocycles. The number of nitrogens with zero attached hydrogens (tertiary/aromatic N) is 3. The van der Waals surface area contributed by atoms with Crippen LogP contribution in [0.1, 0.15) is 24.3 Å². The maximum absolute atomic E-state index is 11.8. The summed E-state index contributed by atoms with van der Waals surface area (Å²) in [5.74, 6) is 0.262. The molecule has 1 fully saturated rings. The van der Waals surface area contributed by atoms with Crippen molar-refractivity contribution in [2.24, 2.45) is 5.14 Å². The molecule has 0 amide bonds. The molecule has 24 heavy (non-hydrogen) atoms. The number of aromatic nitrogens is 3. The normalized spacial score (nSPS) is 15.1. The average Bonchev–Trinajstić information content (AvgIpc) is 3.25. The number of hydrogen-bond donors (Lipinski definition) is 1. The molecule has 2 N–H and O–H groups in total. The number of imidazole rings is 1. The Bertz CT molecular complexity index is 1070. The van der Waals surface area contributed by atoms with E-state index in [1.807, 2.05) is 22.9 Å². The Morgan fingerprint density at radius 3 is 2.58 bits per heavy atom. The lowest BCUT2D eigenvalue weighted by atomic mass is 10.1. The zero-order valence-electron chi connectivity index (χ0n) is 12.3. The van der Waals surface area contributed by atoms with Crippen molar-refractivity contribution in [1.82, 2.24) is 14.4 Å². The molecule has 124 valence electrons. The van der Waals surface area contributed by atoms with E-state index in [2.05, 4.69) is 41.8 Å². The van der Waals surface area contributed by atoms with Crippen LogP contribution >= 0.6 is 31.9 Å². The summed E-state index contributed by atoms with van der Waals surface area (Å²) in [5.41, 5.74) is 3.08. The highest BCUT2D eigenvalue weighted by Crippen LogP contribution is 2.44. The first kappa shape index (κ1) is 16.2. The molecule has 0 radical (unpaired) electrons. The molecule has 0 bridgehead atoms. The molecular weight excluding hydrogens is 460 g/mol. The molecule has 0 saturated heterocycles. The SMILES string of the molecule is NS(=O)(=O)c1ccc(-c2cn3cc(Br)nc(Br)c3n2)cc1C1CC1. The minimum absolute atomic E-state index is 0.211. The van der Waals surface area contributed by atoms with Crippen LogP contribution in [0.15, 0.2) is 44.7 Å². The topological polar surface area (TPSA) is 90.4 Å². The highest BCUT2D eigenvalue weighted by molar-refractivity contribution is 9.11. The summed E-state index contributed by atoms with van der Waals surface area (Å²) in [6.45, 7) is 0. The molecule has 2 aromatic heterocycles. The molecule has 6 nitrogen and oxygen atoms in total. The Morgan fingerprint density at radius 2 is 1.92 bits per heavy atom. The molecule has 1 aliphatic carbocycles. The molecule has 3 aromatic rings. The van der Waals surface area contributed by atoms with Crippen LogP contribution in [0.2, 0.25) is 0 Å². The Morgan fingerprint density at radius 1 is 1.17 bits per heavy atom. The van der Waals surface area contributed by atoms with Crippen LogP contribution in [-0.2, 0) is 10.0 Å². The molecular formula is C15H12Br2N4O2S. The van der Waals surface area contributed by atoms with Crippen LogP contribution in [0.5, 0.6) is 0 Å². The molecule has 9 heteroatoms. The van der Waals surface area contributed by atoms with Gasteiger partial charge >= 0.3 is 0 Å². The Labute approximate surface area is 155 Å². The summed E-state index contributed by atoms with van der Waals surface area (Å²) in [5, 5.41) is 5.34. The summed E-state index contributed by atoms with van der Waals surface area (Å²) in [6.07, 6.45) is 5.67. The van der Waals surface area contributed by atoms with E-state index in [0.29, 0.717) is 14.9 Å². The van der Waals surface area contributed by atoms with Crippen molar-refractivity contribution < 1.29 is 8.42 Å². The molecule has 0 atom stereocenters. The van der Waals surface area contributed by atoms with Gasteiger partial charge in [0.05, 0.1) is 10.6 Å². The van der Waals surface area contributed by atoms with Crippen LogP contribution in [0.4, 0.5) is 0 Å². The predicted molar refractivity (Wildman–Crippen MR) is 97.2 cm³/mol. The lowest BCUT2D eigenvalue weighted by molar-refractivity contribution is 0.596. The largest absolute Gasteiger partial charge is 0.301 e. The van der Waals surface area contributed by atoms with Gasteiger partial charge in [-0.15, -0.1) is 0 Å². The van der Waals surface area contributed by atoms with E-state index in [9.17, 15) is 8.42 Å². The van der Waals surface area contributed by atoms with Crippen molar-refractivity contribution in [3.63, 3.8) is 0 Å². The maximum Gasteiger partial charge on any atom is 0.238 e. The third kappa shape index (κ3) is 2.90. The first-order valence-corrected chi connectivity index (χ1v) is 10.3. The van der Waals surface area contributed by atoms with Crippen LogP contribution in [-0.4, -0.2) is 22.8 Å². The van der Waals surface area contributed by atoms with Gasteiger partial charge in [-0.25, -0.2) is 23.5 Å². The molecule has 0 unspecified atom stereocenters. The number of nitrogens with two attached hydrogens (primary N) is 1. The molecule has 1 aliphatic rings. The van der Waals surface area contributed by atoms with Crippen molar-refractivity contribution in [2.75, 3.05) is 0 Å². The Balaban J connectivity index is 1.88. The number of sulfonamides is 1. The van der Waals surface area contributed by atoms with Crippen molar-refractivity contribution in [1.29, 1.82) is 0 Å². The van der Waals surface area contributed by atoms with Crippen molar-refractivity contribution in [3.05, 3.63) is 45.4 Å². The fraction of sp³-hybridized carbons (Fsp3) is 0.200. The number of primary sulfonamides is 1. The minimum atomic E-state index is -3.72. The summed E-state index contributed by atoms with van der Waals surface area (Å²) < 4.78 is 26.8. The van der Waals surface area contributed by atoms with Gasteiger partial charge in [0.15, 0.2) is 10.3 Å². The third-order valence-electron chi connectivity index (χ3n) is 4.00. The minimum Gasteiger partial charge on any atom is -0.301 e. The number of hydrogen-bond acceptors (Lipinski definition) is 4. The summed E-state index contributed by atoms with van der Waals surface area (Å²) in [4.78, 5) is 9.06. The van der Waals surface area contributed by atoms with Gasteiger partial charge < -0.3 is 4.40 Å². The molecule has 1 saturated carbocycles. The van der Waals surface area contributed by atoms with E-state index in [4.69, 9.17) is 5.14 Å². The van der Waals surface area contributed by atoms with Gasteiger partial charge in [-0.05, 0) is 68.3 Å². The lowest BCUT2D eigenvalue weighted by Gasteiger charge is -2.08. The number of halogens is 2. The smallest absolute Gasteiger partial charge is 0.238 e. The van der Waals surface area contributed by atoms with Gasteiger partial charge in [0, 0.05) is 18.0 Å². The fourth-order valence-electron chi connectivity index (χ4n) is 2.75. The van der Waals surface area contributed by atoms with Crippen molar-refractivity contribution in [3.8, 4) is 11.3 Å². The fourth-order valence-corrected chi connectivity index (χ4v) is 4.68. The van der Waals surface area contributed by atoms with E-state index in [0.717, 1.165) is 29.7 Å². The second-order valence-electron chi connectivity index (χ2n) is 5.78. The molecule has 0 aliphatic heterocycles. The van der Waals surface area contributed by atoms with Gasteiger partial charge in [0.25, 0.3) is 0 Å². The number of benzene rings is 1. The van der Waals surface area contributed by atoms with E-state index in [-0.39, 0.29) is 10.8 Å². The maximum atomic E-state index is 11.8. The van der Waals surface area contributed by atoms with Crippen LogP contribution in [0, 0.1) is 0 Å². The van der Waals surface area contributed by atoms with Gasteiger partial charge in [0.2, 0.25) is 10.0 Å². The monoisotopic (exact) mass is 470 g/mol. The van der Waals surface area contributed by atoms with Crippen molar-refractivity contribution >= 4 is 47.5 Å². The highest BCUT2D eigenvalue weighted by Gasteiger charge is 2.29. The number of fused-ring (bicyclic) bond motifs is 1. The van der Waals surface area contributed by atoms with E-state index >= 15 is 0 Å². The van der Waals surface area contributed by atoms with E-state index in [1.54, 1.807) is 12.1 Å². The van der Waals surface area contributed by atoms with Gasteiger partial charge in [0.1, 0.15) is 4.60 Å². The second kappa shape index (κ2) is 5.62. The molecule has 4 rings (SSSR count). The zero-order chi connectivity index (χ0) is 17.1. The lowest BCUT2D eigenvalue weighted by Crippen LogP contribution is -2.14. The summed E-state index contributed by atoms with van der Waals surface area (Å²) in [7, 11) is -3.72. The Kier molecular flexibility index (Phi) is 3.79. The van der Waals surface area contributed by atoms with Crippen LogP contribution < -0.4 is 5.14 Å². The van der Waals surface area contributed by atoms with E-state index < -0.39 is 10.0 Å². The van der Waals surface area contributed by atoms with Crippen LogP contribution in [0.25, 0.3) is 16.9 Å². The standard InChI is InChI=1S/C15H12Br2N4O2S/c16-13-7-21-6-11(19-15(21)14(17)20-13)9-3-4-12(24(18,22)23)10(5-9)8-1-2-8/h3-8H,1-2H2,(H2,18,22,23). The zero-order valence-corrected chi connectivity index (χ0v) is 16.3. The molecule has 0 spiro atoms. The van der Waals surface area contributed by atoms with Crippen molar-refractivity contribution in [2.45, 2.75) is 23.7 Å². The summed E-state index contributed by atoms with van der Waals surface area (Å²) >= 11 is 6.75. The molecule has 1 aromatic carbocycles. The number of rotatable bonds is 3. The van der Waals surface area contributed by atoms with Gasteiger partial charge in [-0.2, -0.15) is 0 Å². The highest BCUT2D eigenvalue weighted by atomic mass is 79.9. The second-order valence-corrected chi connectivity index (χ2v) is 8.88.